The molecule has 1 saturated heterocycles. The van der Waals surface area contributed by atoms with Crippen molar-refractivity contribution < 1.29 is 21.9 Å². The van der Waals surface area contributed by atoms with Crippen LogP contribution in [0.15, 0.2) is 36.7 Å². The van der Waals surface area contributed by atoms with Gasteiger partial charge in [-0.2, -0.15) is 9.97 Å². The minimum Gasteiger partial charge on any atom is -1.00 e. The summed E-state index contributed by atoms with van der Waals surface area (Å²) >= 11 is 0. The van der Waals surface area contributed by atoms with E-state index in [9.17, 15) is 0 Å². The summed E-state index contributed by atoms with van der Waals surface area (Å²) in [6.45, 7) is 3.15. The van der Waals surface area contributed by atoms with Crippen molar-refractivity contribution in [3.8, 4) is 11.8 Å². The minimum atomic E-state index is 0. The molecule has 0 radical (unpaired) electrons. The van der Waals surface area contributed by atoms with E-state index in [2.05, 4.69) is 22.0 Å². The second-order valence-electron chi connectivity index (χ2n) is 4.94. The van der Waals surface area contributed by atoms with E-state index < -0.39 is 0 Å². The highest BCUT2D eigenvalue weighted by molar-refractivity contribution is 5.28. The zero-order valence-corrected chi connectivity index (χ0v) is 12.5. The van der Waals surface area contributed by atoms with Gasteiger partial charge in [0, 0.05) is 0 Å². The number of morpholine rings is 1. The Morgan fingerprint density at radius 1 is 1.10 bits per heavy atom. The highest BCUT2D eigenvalue weighted by atomic mass is 35.5. The number of rotatable bonds is 3. The second kappa shape index (κ2) is 6.80. The summed E-state index contributed by atoms with van der Waals surface area (Å²) in [5.41, 5.74) is 0. The average Bonchev–Trinajstić information content (AvgIpc) is 2.49. The number of halogens is 1. The van der Waals surface area contributed by atoms with Crippen molar-refractivity contribution in [2.75, 3.05) is 33.4 Å². The van der Waals surface area contributed by atoms with Gasteiger partial charge in [0.1, 0.15) is 25.2 Å². The fraction of sp³-hybridized carbons (Fsp3) is 0.357. The van der Waals surface area contributed by atoms with Gasteiger partial charge in [-0.3, -0.25) is 4.48 Å². The van der Waals surface area contributed by atoms with Gasteiger partial charge < -0.3 is 21.9 Å². The van der Waals surface area contributed by atoms with Crippen LogP contribution >= 0.6 is 0 Å². The molecule has 3 rings (SSSR count). The lowest BCUT2D eigenvalue weighted by atomic mass is 10.3. The van der Waals surface area contributed by atoms with Crippen LogP contribution in [0.3, 0.4) is 0 Å². The normalized spacial score (nSPS) is 16.8. The predicted octanol–water partition coefficient (Wildman–Crippen LogP) is -1.36. The van der Waals surface area contributed by atoms with Gasteiger partial charge in [-0.15, -0.1) is 4.98 Å². The molecular formula is C14H17ClN4O2. The first kappa shape index (κ1) is 15.6. The number of para-hydroxylation sites is 1. The Morgan fingerprint density at radius 3 is 2.52 bits per heavy atom. The van der Waals surface area contributed by atoms with Gasteiger partial charge in [-0.1, -0.05) is 18.2 Å². The first-order chi connectivity index (χ1) is 9.76. The Morgan fingerprint density at radius 2 is 1.81 bits per heavy atom. The number of hydrogen-bond acceptors (Lipinski definition) is 5. The Kier molecular flexibility index (Phi) is 5.06. The number of ether oxygens (including phenoxy) is 2. The third-order valence-electron chi connectivity index (χ3n) is 3.43. The molecule has 112 valence electrons. The number of aromatic nitrogens is 3. The van der Waals surface area contributed by atoms with E-state index >= 15 is 0 Å². The molecule has 1 aliphatic rings. The molecule has 0 atom stereocenters. The van der Waals surface area contributed by atoms with Gasteiger partial charge in [0.2, 0.25) is 0 Å². The molecule has 6 nitrogen and oxygen atoms in total. The zero-order valence-electron chi connectivity index (χ0n) is 11.8. The van der Waals surface area contributed by atoms with Crippen LogP contribution in [0, 0.1) is 0 Å². The molecule has 0 saturated carbocycles. The van der Waals surface area contributed by atoms with Crippen molar-refractivity contribution in [1.29, 1.82) is 0 Å². The number of quaternary nitrogens is 1. The van der Waals surface area contributed by atoms with E-state index in [1.54, 1.807) is 0 Å². The van der Waals surface area contributed by atoms with Gasteiger partial charge >= 0.3 is 12.0 Å². The number of hydrogen-bond donors (Lipinski definition) is 0. The SMILES string of the molecule is C[N+]1(c2ncnc(Oc3ccccc3)n2)CCOCC1.[Cl-]. The standard InChI is InChI=1S/C14H17N4O2.ClH/c1-18(7-9-19-10-8-18)13-15-11-16-14(17-13)20-12-5-3-2-4-6-12;/h2-6,11H,7-10H2,1H3;1H/q+1;/p-1. The molecule has 21 heavy (non-hydrogen) atoms. The topological polar surface area (TPSA) is 57.1 Å². The minimum absolute atomic E-state index is 0. The average molecular weight is 309 g/mol. The van der Waals surface area contributed by atoms with Gasteiger partial charge in [-0.25, -0.2) is 0 Å². The van der Waals surface area contributed by atoms with Crippen molar-refractivity contribution in [3.05, 3.63) is 36.7 Å². The van der Waals surface area contributed by atoms with E-state index in [-0.39, 0.29) is 12.4 Å². The third kappa shape index (κ3) is 3.66. The lowest BCUT2D eigenvalue weighted by Gasteiger charge is -2.34. The summed E-state index contributed by atoms with van der Waals surface area (Å²) in [6, 6.07) is 9.82. The van der Waals surface area contributed by atoms with E-state index in [4.69, 9.17) is 9.47 Å². The maximum Gasteiger partial charge on any atom is 0.335 e. The molecule has 0 spiro atoms. The quantitative estimate of drug-likeness (QED) is 0.655. The zero-order chi connectivity index (χ0) is 13.8. The van der Waals surface area contributed by atoms with E-state index in [1.165, 1.54) is 6.33 Å². The number of benzene rings is 1. The Bertz CT molecular complexity index is 576. The Labute approximate surface area is 129 Å². The smallest absolute Gasteiger partial charge is 0.335 e. The molecule has 2 heterocycles. The number of nitrogens with zero attached hydrogens (tertiary/aromatic N) is 4. The van der Waals surface area contributed by atoms with Crippen molar-refractivity contribution in [3.63, 3.8) is 0 Å². The highest BCUT2D eigenvalue weighted by Gasteiger charge is 2.31. The fourth-order valence-electron chi connectivity index (χ4n) is 2.12. The predicted molar refractivity (Wildman–Crippen MR) is 74.6 cm³/mol. The van der Waals surface area contributed by atoms with Crippen LogP contribution < -0.4 is 21.6 Å². The maximum atomic E-state index is 5.65. The first-order valence-electron chi connectivity index (χ1n) is 6.61. The highest BCUT2D eigenvalue weighted by Crippen LogP contribution is 2.21. The van der Waals surface area contributed by atoms with Gasteiger partial charge in [-0.05, 0) is 12.1 Å². The molecule has 0 aliphatic carbocycles. The molecule has 0 bridgehead atoms. The van der Waals surface area contributed by atoms with E-state index in [0.29, 0.717) is 22.2 Å². The van der Waals surface area contributed by atoms with Crippen molar-refractivity contribution in [2.24, 2.45) is 0 Å². The van der Waals surface area contributed by atoms with Gasteiger partial charge in [0.25, 0.3) is 0 Å². The van der Waals surface area contributed by atoms with Crippen LogP contribution in [-0.4, -0.2) is 48.3 Å². The first-order valence-corrected chi connectivity index (χ1v) is 6.61. The fourth-order valence-corrected chi connectivity index (χ4v) is 2.12. The van der Waals surface area contributed by atoms with Crippen LogP contribution in [0.5, 0.6) is 11.8 Å². The molecule has 2 aromatic rings. The lowest BCUT2D eigenvalue weighted by molar-refractivity contribution is -0.00000682. The molecule has 0 N–H and O–H groups in total. The molecular weight excluding hydrogens is 292 g/mol. The summed E-state index contributed by atoms with van der Waals surface area (Å²) in [7, 11) is 2.10. The van der Waals surface area contributed by atoms with E-state index in [1.807, 2.05) is 30.3 Å². The molecule has 7 heteroatoms. The monoisotopic (exact) mass is 308 g/mol. The molecule has 1 aliphatic heterocycles. The third-order valence-corrected chi connectivity index (χ3v) is 3.43. The van der Waals surface area contributed by atoms with Crippen LogP contribution in [0.25, 0.3) is 0 Å². The van der Waals surface area contributed by atoms with Crippen LogP contribution in [0.4, 0.5) is 5.95 Å². The van der Waals surface area contributed by atoms with E-state index in [0.717, 1.165) is 26.3 Å². The molecule has 1 aromatic heterocycles. The van der Waals surface area contributed by atoms with Gasteiger partial charge in [0.05, 0.1) is 20.3 Å². The molecule has 0 unspecified atom stereocenters. The second-order valence-corrected chi connectivity index (χ2v) is 4.94. The summed E-state index contributed by atoms with van der Waals surface area (Å²) in [4.78, 5) is 12.8. The summed E-state index contributed by atoms with van der Waals surface area (Å²) in [6.07, 6.45) is 1.50. The molecule has 1 fully saturated rings. The largest absolute Gasteiger partial charge is 1.00 e. The molecule has 0 amide bonds. The summed E-state index contributed by atoms with van der Waals surface area (Å²) in [5.74, 6) is 1.43. The lowest BCUT2D eigenvalue weighted by Crippen LogP contribution is -3.00. The van der Waals surface area contributed by atoms with Gasteiger partial charge in [0.15, 0.2) is 0 Å². The number of likely N-dealkylation sites (N-methyl/N-ethyl adjacent to an activating group) is 1. The summed E-state index contributed by atoms with van der Waals surface area (Å²) < 4.78 is 11.7. The van der Waals surface area contributed by atoms with Crippen LogP contribution in [-0.2, 0) is 4.74 Å². The van der Waals surface area contributed by atoms with Crippen LogP contribution in [0.1, 0.15) is 0 Å². The maximum absolute atomic E-state index is 5.65. The van der Waals surface area contributed by atoms with Crippen LogP contribution in [0.2, 0.25) is 0 Å². The molecule has 1 aromatic carbocycles. The van der Waals surface area contributed by atoms with Crippen molar-refractivity contribution >= 4 is 5.95 Å². The van der Waals surface area contributed by atoms with Crippen molar-refractivity contribution in [1.82, 2.24) is 19.4 Å². The Balaban J connectivity index is 0.00000161. The Hall–Kier alpha value is -1.76. The van der Waals surface area contributed by atoms with Crippen molar-refractivity contribution in [2.45, 2.75) is 0 Å². The summed E-state index contributed by atoms with van der Waals surface area (Å²) in [5, 5.41) is 0.